The first-order valence-electron chi connectivity index (χ1n) is 5.47. The maximum atomic E-state index is 9.68. The molecule has 0 aromatic carbocycles. The van der Waals surface area contributed by atoms with Crippen molar-refractivity contribution in [3.05, 3.63) is 21.9 Å². The summed E-state index contributed by atoms with van der Waals surface area (Å²) >= 11 is 1.77. The predicted molar refractivity (Wildman–Crippen MR) is 66.3 cm³/mol. The second-order valence-electron chi connectivity index (χ2n) is 4.41. The molecular weight excluding hydrogens is 206 g/mol. The first-order chi connectivity index (χ1) is 7.02. The fourth-order valence-corrected chi connectivity index (χ4v) is 2.41. The maximum absolute atomic E-state index is 9.68. The van der Waals surface area contributed by atoms with E-state index in [1.807, 2.05) is 13.8 Å². The Morgan fingerprint density at radius 2 is 2.07 bits per heavy atom. The number of aliphatic hydroxyl groups excluding tert-OH is 1. The maximum Gasteiger partial charge on any atom is 0.0687 e. The molecule has 0 radical (unpaired) electrons. The first-order valence-corrected chi connectivity index (χ1v) is 6.35. The Morgan fingerprint density at radius 1 is 1.40 bits per heavy atom. The summed E-state index contributed by atoms with van der Waals surface area (Å²) in [7, 11) is 0. The van der Waals surface area contributed by atoms with Gasteiger partial charge in [-0.2, -0.15) is 0 Å². The van der Waals surface area contributed by atoms with E-state index in [0.29, 0.717) is 18.5 Å². The summed E-state index contributed by atoms with van der Waals surface area (Å²) in [5.41, 5.74) is 1.33. The van der Waals surface area contributed by atoms with Crippen molar-refractivity contribution < 1.29 is 5.11 Å². The summed E-state index contributed by atoms with van der Waals surface area (Å²) in [6.45, 7) is 9.01. The number of hydrogen-bond donors (Lipinski definition) is 2. The van der Waals surface area contributed by atoms with Crippen LogP contribution in [-0.2, 0) is 0 Å². The molecule has 0 bridgehead atoms. The van der Waals surface area contributed by atoms with E-state index >= 15 is 0 Å². The van der Waals surface area contributed by atoms with Gasteiger partial charge < -0.3 is 10.4 Å². The molecule has 3 heteroatoms. The van der Waals surface area contributed by atoms with Crippen LogP contribution < -0.4 is 5.32 Å². The van der Waals surface area contributed by atoms with E-state index in [2.05, 4.69) is 30.6 Å². The normalized spacial score (nSPS) is 15.6. The highest BCUT2D eigenvalue weighted by Gasteiger charge is 2.13. The largest absolute Gasteiger partial charge is 0.392 e. The Morgan fingerprint density at radius 3 is 2.53 bits per heavy atom. The van der Waals surface area contributed by atoms with Gasteiger partial charge >= 0.3 is 0 Å². The minimum absolute atomic E-state index is 0.257. The molecule has 2 nitrogen and oxygen atoms in total. The van der Waals surface area contributed by atoms with E-state index in [9.17, 15) is 5.11 Å². The first kappa shape index (κ1) is 12.7. The van der Waals surface area contributed by atoms with Crippen molar-refractivity contribution in [2.45, 2.75) is 39.8 Å². The summed E-state index contributed by atoms with van der Waals surface area (Å²) in [6, 6.07) is 2.47. The molecule has 0 aliphatic heterocycles. The predicted octanol–water partition coefficient (Wildman–Crippen LogP) is 2.72. The third kappa shape index (κ3) is 3.59. The van der Waals surface area contributed by atoms with Crippen LogP contribution in [0.2, 0.25) is 0 Å². The van der Waals surface area contributed by atoms with Gasteiger partial charge in [-0.1, -0.05) is 13.8 Å². The average molecular weight is 227 g/mol. The Bertz CT molecular complexity index is 296. The van der Waals surface area contributed by atoms with Gasteiger partial charge in [-0.25, -0.2) is 0 Å². The second-order valence-corrected chi connectivity index (χ2v) is 5.36. The van der Waals surface area contributed by atoms with Crippen molar-refractivity contribution in [3.8, 4) is 0 Å². The number of aliphatic hydroxyl groups is 1. The highest BCUT2D eigenvalue weighted by molar-refractivity contribution is 7.10. The quantitative estimate of drug-likeness (QED) is 0.810. The Kier molecular flexibility index (Phi) is 4.77. The zero-order chi connectivity index (χ0) is 11.4. The third-order valence-electron chi connectivity index (χ3n) is 2.70. The van der Waals surface area contributed by atoms with E-state index in [1.54, 1.807) is 11.3 Å². The fourth-order valence-electron chi connectivity index (χ4n) is 1.45. The van der Waals surface area contributed by atoms with Gasteiger partial charge in [0.25, 0.3) is 0 Å². The lowest BCUT2D eigenvalue weighted by atomic mass is 10.1. The van der Waals surface area contributed by atoms with Gasteiger partial charge in [0.2, 0.25) is 0 Å². The Balaban J connectivity index is 2.43. The molecular formula is C12H21NOS. The molecule has 1 heterocycles. The standard InChI is InChI=1S/C12H21NOS/c1-8(2)11(14)7-13-10(4)12-9(3)5-6-15-12/h5-6,8,10-11,13-14H,7H2,1-4H3. The molecule has 2 N–H and O–H groups in total. The molecule has 1 rings (SSSR count). The second kappa shape index (κ2) is 5.64. The van der Waals surface area contributed by atoms with Gasteiger partial charge in [-0.05, 0) is 36.8 Å². The Hall–Kier alpha value is -0.380. The molecule has 2 unspecified atom stereocenters. The van der Waals surface area contributed by atoms with Crippen molar-refractivity contribution >= 4 is 11.3 Å². The van der Waals surface area contributed by atoms with Crippen LogP contribution in [0.4, 0.5) is 0 Å². The topological polar surface area (TPSA) is 32.3 Å². The lowest BCUT2D eigenvalue weighted by molar-refractivity contribution is 0.121. The van der Waals surface area contributed by atoms with Crippen LogP contribution >= 0.6 is 11.3 Å². The molecule has 1 aromatic heterocycles. The highest BCUT2D eigenvalue weighted by atomic mass is 32.1. The molecule has 86 valence electrons. The molecule has 0 aliphatic rings. The molecule has 0 fully saturated rings. The van der Waals surface area contributed by atoms with E-state index in [0.717, 1.165) is 0 Å². The van der Waals surface area contributed by atoms with Crippen LogP contribution in [0.5, 0.6) is 0 Å². The van der Waals surface area contributed by atoms with Crippen LogP contribution in [-0.4, -0.2) is 17.8 Å². The van der Waals surface area contributed by atoms with Gasteiger partial charge in [-0.3, -0.25) is 0 Å². The van der Waals surface area contributed by atoms with E-state index in [1.165, 1.54) is 10.4 Å². The Labute approximate surface area is 96.3 Å². The molecule has 0 spiro atoms. The van der Waals surface area contributed by atoms with Gasteiger partial charge in [-0.15, -0.1) is 11.3 Å². The van der Waals surface area contributed by atoms with Crippen molar-refractivity contribution in [1.82, 2.24) is 5.32 Å². The van der Waals surface area contributed by atoms with Crippen molar-refractivity contribution in [2.24, 2.45) is 5.92 Å². The van der Waals surface area contributed by atoms with E-state index in [-0.39, 0.29) is 6.10 Å². The molecule has 2 atom stereocenters. The lowest BCUT2D eigenvalue weighted by Crippen LogP contribution is -2.32. The zero-order valence-corrected chi connectivity index (χ0v) is 10.8. The van der Waals surface area contributed by atoms with Gasteiger partial charge in [0.15, 0.2) is 0 Å². The van der Waals surface area contributed by atoms with Crippen molar-refractivity contribution in [3.63, 3.8) is 0 Å². The highest BCUT2D eigenvalue weighted by Crippen LogP contribution is 2.23. The number of thiophene rings is 1. The monoisotopic (exact) mass is 227 g/mol. The van der Waals surface area contributed by atoms with Crippen LogP contribution in [0.25, 0.3) is 0 Å². The fraction of sp³-hybridized carbons (Fsp3) is 0.667. The molecule has 0 saturated carbocycles. The molecule has 0 amide bonds. The number of rotatable bonds is 5. The summed E-state index contributed by atoms with van der Waals surface area (Å²) < 4.78 is 0. The lowest BCUT2D eigenvalue weighted by Gasteiger charge is -2.19. The number of nitrogens with one attached hydrogen (secondary N) is 1. The average Bonchev–Trinajstić information content (AvgIpc) is 2.60. The van der Waals surface area contributed by atoms with Crippen LogP contribution in [0.1, 0.15) is 37.3 Å². The summed E-state index contributed by atoms with van der Waals surface area (Å²) in [4.78, 5) is 1.37. The summed E-state index contributed by atoms with van der Waals surface area (Å²) in [5, 5.41) is 15.2. The molecule has 1 aromatic rings. The van der Waals surface area contributed by atoms with Crippen LogP contribution in [0.3, 0.4) is 0 Å². The van der Waals surface area contributed by atoms with Gasteiger partial charge in [0.1, 0.15) is 0 Å². The molecule has 0 aliphatic carbocycles. The van der Waals surface area contributed by atoms with Crippen LogP contribution in [0.15, 0.2) is 11.4 Å². The minimum atomic E-state index is -0.257. The number of aryl methyl sites for hydroxylation is 1. The number of hydrogen-bond acceptors (Lipinski definition) is 3. The summed E-state index contributed by atoms with van der Waals surface area (Å²) in [5.74, 6) is 0.314. The van der Waals surface area contributed by atoms with E-state index < -0.39 is 0 Å². The summed E-state index contributed by atoms with van der Waals surface area (Å²) in [6.07, 6.45) is -0.257. The van der Waals surface area contributed by atoms with E-state index in [4.69, 9.17) is 0 Å². The van der Waals surface area contributed by atoms with Gasteiger partial charge in [0.05, 0.1) is 6.10 Å². The minimum Gasteiger partial charge on any atom is -0.392 e. The van der Waals surface area contributed by atoms with Crippen molar-refractivity contribution in [1.29, 1.82) is 0 Å². The molecule has 15 heavy (non-hydrogen) atoms. The molecule has 0 saturated heterocycles. The smallest absolute Gasteiger partial charge is 0.0687 e. The van der Waals surface area contributed by atoms with Crippen LogP contribution in [0, 0.1) is 12.8 Å². The zero-order valence-electron chi connectivity index (χ0n) is 9.95. The van der Waals surface area contributed by atoms with Crippen molar-refractivity contribution in [2.75, 3.05) is 6.54 Å². The van der Waals surface area contributed by atoms with Gasteiger partial charge in [0, 0.05) is 17.5 Å². The third-order valence-corrected chi connectivity index (χ3v) is 3.90. The SMILES string of the molecule is Cc1ccsc1C(C)NCC(O)C(C)C.